The highest BCUT2D eigenvalue weighted by Gasteiger charge is 2.45. The van der Waals surface area contributed by atoms with E-state index >= 15 is 0 Å². The summed E-state index contributed by atoms with van der Waals surface area (Å²) in [5, 5.41) is 0.686. The molecule has 1 aliphatic carbocycles. The van der Waals surface area contributed by atoms with E-state index in [0.29, 0.717) is 17.5 Å². The summed E-state index contributed by atoms with van der Waals surface area (Å²) in [7, 11) is 0. The van der Waals surface area contributed by atoms with Crippen molar-refractivity contribution in [1.29, 1.82) is 0 Å². The molecule has 1 unspecified atom stereocenters. The molecule has 80 valence electrons. The summed E-state index contributed by atoms with van der Waals surface area (Å²) >= 11 is 5.82. The molecule has 2 nitrogen and oxygen atoms in total. The normalized spacial score (nSPS) is 19.6. The molecule has 0 spiro atoms. The molecule has 0 heterocycles. The highest BCUT2D eigenvalue weighted by molar-refractivity contribution is 6.30. The smallest absolute Gasteiger partial charge is 0.132 e. The number of halogens is 1. The minimum absolute atomic E-state index is 0.378. The van der Waals surface area contributed by atoms with Gasteiger partial charge in [-0.05, 0) is 36.5 Å². The summed E-state index contributed by atoms with van der Waals surface area (Å²) in [5.41, 5.74) is 6.28. The molecule has 1 aromatic rings. The molecule has 15 heavy (non-hydrogen) atoms. The third-order valence-corrected chi connectivity index (χ3v) is 3.49. The van der Waals surface area contributed by atoms with E-state index in [9.17, 15) is 4.79 Å². The van der Waals surface area contributed by atoms with E-state index < -0.39 is 5.41 Å². The van der Waals surface area contributed by atoms with Crippen molar-refractivity contribution in [2.24, 2.45) is 11.7 Å². The number of nitrogens with two attached hydrogens (primary N) is 1. The molecule has 3 heteroatoms. The summed E-state index contributed by atoms with van der Waals surface area (Å²) in [4.78, 5) is 11.3. The summed E-state index contributed by atoms with van der Waals surface area (Å²) in [6.07, 6.45) is 3.20. The molecule has 2 rings (SSSR count). The van der Waals surface area contributed by atoms with Gasteiger partial charge < -0.3 is 10.5 Å². The average molecular weight is 224 g/mol. The van der Waals surface area contributed by atoms with Crippen LogP contribution >= 0.6 is 11.6 Å². The quantitative estimate of drug-likeness (QED) is 0.795. The highest BCUT2D eigenvalue weighted by Crippen LogP contribution is 2.45. The van der Waals surface area contributed by atoms with Crippen LogP contribution in [0.25, 0.3) is 0 Å². The van der Waals surface area contributed by atoms with Gasteiger partial charge in [-0.1, -0.05) is 23.7 Å². The third-order valence-electron chi connectivity index (χ3n) is 3.24. The van der Waals surface area contributed by atoms with Gasteiger partial charge in [0.1, 0.15) is 6.29 Å². The Bertz CT molecular complexity index is 358. The average Bonchev–Trinajstić information content (AvgIpc) is 3.08. The van der Waals surface area contributed by atoms with Gasteiger partial charge in [-0.15, -0.1) is 0 Å². The number of rotatable bonds is 4. The Labute approximate surface area is 94.4 Å². The van der Waals surface area contributed by atoms with E-state index in [1.165, 1.54) is 0 Å². The highest BCUT2D eigenvalue weighted by atomic mass is 35.5. The van der Waals surface area contributed by atoms with Crippen LogP contribution < -0.4 is 5.73 Å². The monoisotopic (exact) mass is 223 g/mol. The molecule has 0 amide bonds. The predicted octanol–water partition coefficient (Wildman–Crippen LogP) is 2.15. The number of hydrogen-bond donors (Lipinski definition) is 1. The third kappa shape index (κ3) is 1.80. The fourth-order valence-electron chi connectivity index (χ4n) is 2.09. The second kappa shape index (κ2) is 3.95. The van der Waals surface area contributed by atoms with E-state index in [0.717, 1.165) is 24.7 Å². The summed E-state index contributed by atoms with van der Waals surface area (Å²) in [5.74, 6) is 0.418. The van der Waals surface area contributed by atoms with Crippen molar-refractivity contribution in [1.82, 2.24) is 0 Å². The van der Waals surface area contributed by atoms with E-state index in [2.05, 4.69) is 0 Å². The van der Waals surface area contributed by atoms with Crippen molar-refractivity contribution >= 4 is 17.9 Å². The molecule has 1 aromatic carbocycles. The number of carbonyl (C=O) groups is 1. The molecular weight excluding hydrogens is 210 g/mol. The lowest BCUT2D eigenvalue weighted by Crippen LogP contribution is -2.39. The van der Waals surface area contributed by atoms with E-state index in [-0.39, 0.29) is 0 Å². The number of carbonyl (C=O) groups excluding carboxylic acids is 1. The van der Waals surface area contributed by atoms with Gasteiger partial charge in [-0.3, -0.25) is 0 Å². The minimum atomic E-state index is -0.482. The fourth-order valence-corrected chi connectivity index (χ4v) is 2.22. The minimum Gasteiger partial charge on any atom is -0.329 e. The van der Waals surface area contributed by atoms with Crippen LogP contribution in [0.4, 0.5) is 0 Å². The molecule has 0 aliphatic heterocycles. The SMILES string of the molecule is NCC(C=O)(c1ccc(Cl)cc1)C1CC1. The zero-order chi connectivity index (χ0) is 10.9. The molecule has 0 aromatic heterocycles. The maximum atomic E-state index is 11.3. The zero-order valence-corrected chi connectivity index (χ0v) is 9.20. The number of benzene rings is 1. The van der Waals surface area contributed by atoms with Crippen LogP contribution in [0.2, 0.25) is 5.02 Å². The van der Waals surface area contributed by atoms with Gasteiger partial charge in [-0.2, -0.15) is 0 Å². The first-order valence-corrected chi connectivity index (χ1v) is 5.53. The first kappa shape index (κ1) is 10.7. The Balaban J connectivity index is 2.39. The maximum absolute atomic E-state index is 11.3. The van der Waals surface area contributed by atoms with Crippen LogP contribution in [0.1, 0.15) is 18.4 Å². The number of hydrogen-bond acceptors (Lipinski definition) is 2. The van der Waals surface area contributed by atoms with Crippen molar-refractivity contribution in [2.75, 3.05) is 6.54 Å². The molecular formula is C12H14ClNO. The summed E-state index contributed by atoms with van der Waals surface area (Å²) in [6, 6.07) is 7.43. The van der Waals surface area contributed by atoms with Crippen LogP contribution in [-0.2, 0) is 10.2 Å². The van der Waals surface area contributed by atoms with Gasteiger partial charge in [0, 0.05) is 11.6 Å². The maximum Gasteiger partial charge on any atom is 0.132 e. The van der Waals surface area contributed by atoms with Gasteiger partial charge in [-0.25, -0.2) is 0 Å². The van der Waals surface area contributed by atoms with E-state index in [4.69, 9.17) is 17.3 Å². The van der Waals surface area contributed by atoms with Gasteiger partial charge in [0.2, 0.25) is 0 Å². The molecule has 1 fully saturated rings. The largest absolute Gasteiger partial charge is 0.329 e. The lowest BCUT2D eigenvalue weighted by Gasteiger charge is -2.26. The zero-order valence-electron chi connectivity index (χ0n) is 8.45. The molecule has 0 radical (unpaired) electrons. The second-order valence-electron chi connectivity index (χ2n) is 4.14. The fraction of sp³-hybridized carbons (Fsp3) is 0.417. The topological polar surface area (TPSA) is 43.1 Å². The van der Waals surface area contributed by atoms with Crippen molar-refractivity contribution in [3.8, 4) is 0 Å². The second-order valence-corrected chi connectivity index (χ2v) is 4.58. The number of aldehydes is 1. The molecule has 1 aliphatic rings. The Morgan fingerprint density at radius 3 is 2.40 bits per heavy atom. The van der Waals surface area contributed by atoms with Gasteiger partial charge in [0.25, 0.3) is 0 Å². The van der Waals surface area contributed by atoms with Crippen molar-refractivity contribution in [3.05, 3.63) is 34.9 Å². The summed E-state index contributed by atoms with van der Waals surface area (Å²) < 4.78 is 0. The lowest BCUT2D eigenvalue weighted by molar-refractivity contribution is -0.113. The molecule has 2 N–H and O–H groups in total. The van der Waals surface area contributed by atoms with Crippen molar-refractivity contribution in [2.45, 2.75) is 18.3 Å². The Morgan fingerprint density at radius 1 is 1.40 bits per heavy atom. The van der Waals surface area contributed by atoms with Gasteiger partial charge in [0.15, 0.2) is 0 Å². The van der Waals surface area contributed by atoms with Gasteiger partial charge >= 0.3 is 0 Å². The van der Waals surface area contributed by atoms with Gasteiger partial charge in [0.05, 0.1) is 5.41 Å². The van der Waals surface area contributed by atoms with E-state index in [1.54, 1.807) is 0 Å². The van der Waals surface area contributed by atoms with Crippen LogP contribution in [0, 0.1) is 5.92 Å². The predicted molar refractivity (Wildman–Crippen MR) is 61.0 cm³/mol. The van der Waals surface area contributed by atoms with Crippen LogP contribution in [0.15, 0.2) is 24.3 Å². The van der Waals surface area contributed by atoms with Crippen LogP contribution in [0.3, 0.4) is 0 Å². The molecule has 0 bridgehead atoms. The Kier molecular flexibility index (Phi) is 2.81. The molecule has 1 atom stereocenters. The Morgan fingerprint density at radius 2 is 2.00 bits per heavy atom. The molecule has 1 saturated carbocycles. The lowest BCUT2D eigenvalue weighted by atomic mass is 9.77. The van der Waals surface area contributed by atoms with Crippen molar-refractivity contribution in [3.63, 3.8) is 0 Å². The standard InChI is InChI=1S/C12H14ClNO/c13-11-5-3-10(4-6-11)12(7-14,8-15)9-1-2-9/h3-6,8-9H,1-2,7,14H2. The molecule has 0 saturated heterocycles. The van der Waals surface area contributed by atoms with Crippen LogP contribution in [0.5, 0.6) is 0 Å². The summed E-state index contributed by atoms with van der Waals surface area (Å²) in [6.45, 7) is 0.378. The first-order chi connectivity index (χ1) is 7.23. The first-order valence-electron chi connectivity index (χ1n) is 5.15. The van der Waals surface area contributed by atoms with Crippen LogP contribution in [-0.4, -0.2) is 12.8 Å². The Hall–Kier alpha value is -0.860. The van der Waals surface area contributed by atoms with Crippen molar-refractivity contribution < 1.29 is 4.79 Å². The van der Waals surface area contributed by atoms with E-state index in [1.807, 2.05) is 24.3 Å².